The van der Waals surface area contributed by atoms with Crippen LogP contribution in [0.3, 0.4) is 0 Å². The van der Waals surface area contributed by atoms with Crippen LogP contribution in [-0.4, -0.2) is 91.6 Å². The number of rotatable bonds is 18. The van der Waals surface area contributed by atoms with Crippen LogP contribution >= 0.6 is 0 Å². The van der Waals surface area contributed by atoms with Crippen molar-refractivity contribution in [3.63, 3.8) is 0 Å². The van der Waals surface area contributed by atoms with E-state index >= 15 is 0 Å². The summed E-state index contributed by atoms with van der Waals surface area (Å²) in [7, 11) is 6.45. The molecule has 0 unspecified atom stereocenters. The molecule has 10 nitrogen and oxygen atoms in total. The van der Waals surface area contributed by atoms with Crippen molar-refractivity contribution in [1.82, 2.24) is 0 Å². The second-order valence-electron chi connectivity index (χ2n) is 11.3. The third-order valence-electron chi connectivity index (χ3n) is 7.07. The molecule has 0 spiro atoms. The molecule has 1 heterocycles. The molecular weight excluding hydrogens is 616 g/mol. The summed E-state index contributed by atoms with van der Waals surface area (Å²) in [5, 5.41) is 0. The maximum Gasteiger partial charge on any atom is 0.330 e. The molecule has 6 atom stereocenters. The standard InChI is InChI=1S/C20H32O5.C18H28O5/c1-7-9-10-11-12-19(21)24-14-16(3)13-17(4)20(25-15-22-5)18(8-2)23-6;1-14-11-15(2)18(23-13-20-3)16(21-4)9-7-5-6-8-10-17(19)22-12-14/h7-8,11-13,17-18,20H,1-2,9-10,14-15H2,3-6H3;7-11,15-16,18H,5-6,12-13H2,1-4H3/b12-11+,16-13-;9-7+,10-8+,14-11-/t17-,18+,20+;15-,16+,18+/m11/s1. The predicted molar refractivity (Wildman–Crippen MR) is 189 cm³/mol. The first-order chi connectivity index (χ1) is 23.1. The third-order valence-corrected chi connectivity index (χ3v) is 7.07. The Balaban J connectivity index is 0.000000923. The van der Waals surface area contributed by atoms with Gasteiger partial charge in [-0.15, -0.1) is 13.2 Å². The fraction of sp³-hybridized carbons (Fsp3) is 0.579. The van der Waals surface area contributed by atoms with Gasteiger partial charge in [0.1, 0.15) is 39.0 Å². The number of esters is 2. The molecule has 0 aromatic rings. The molecule has 272 valence electrons. The van der Waals surface area contributed by atoms with Gasteiger partial charge >= 0.3 is 11.9 Å². The van der Waals surface area contributed by atoms with Crippen LogP contribution < -0.4 is 0 Å². The number of carbonyl (C=O) groups excluding carboxylic acids is 2. The molecule has 0 bridgehead atoms. The van der Waals surface area contributed by atoms with Gasteiger partial charge in [-0.25, -0.2) is 9.59 Å². The summed E-state index contributed by atoms with van der Waals surface area (Å²) < 4.78 is 42.9. The monoisotopic (exact) mass is 676 g/mol. The minimum atomic E-state index is -0.350. The van der Waals surface area contributed by atoms with Gasteiger partial charge in [-0.3, -0.25) is 0 Å². The van der Waals surface area contributed by atoms with Gasteiger partial charge in [0.25, 0.3) is 0 Å². The van der Waals surface area contributed by atoms with Crippen LogP contribution in [0.15, 0.2) is 85.1 Å². The van der Waals surface area contributed by atoms with Crippen molar-refractivity contribution in [2.75, 3.05) is 55.2 Å². The van der Waals surface area contributed by atoms with Crippen LogP contribution in [0.5, 0.6) is 0 Å². The number of hydrogen-bond donors (Lipinski definition) is 0. The van der Waals surface area contributed by atoms with E-state index in [2.05, 4.69) is 20.1 Å². The Hall–Kier alpha value is -3.12. The number of methoxy groups -OCH3 is 4. The van der Waals surface area contributed by atoms with E-state index in [1.807, 2.05) is 57.2 Å². The molecule has 0 aliphatic carbocycles. The molecule has 0 aromatic carbocycles. The number of cyclic esters (lactones) is 1. The van der Waals surface area contributed by atoms with Gasteiger partial charge < -0.3 is 37.9 Å². The highest BCUT2D eigenvalue weighted by atomic mass is 16.7. The van der Waals surface area contributed by atoms with E-state index in [0.717, 1.165) is 36.8 Å². The van der Waals surface area contributed by atoms with E-state index in [9.17, 15) is 9.59 Å². The normalized spacial score (nSPS) is 23.6. The summed E-state index contributed by atoms with van der Waals surface area (Å²) in [5.74, 6) is -0.553. The molecule has 1 rings (SSSR count). The molecule has 0 N–H and O–H groups in total. The zero-order valence-electron chi connectivity index (χ0n) is 30.4. The van der Waals surface area contributed by atoms with Crippen LogP contribution in [0.2, 0.25) is 0 Å². The molecule has 10 heteroatoms. The third kappa shape index (κ3) is 21.0. The first kappa shape index (κ1) is 44.9. The molecule has 48 heavy (non-hydrogen) atoms. The van der Waals surface area contributed by atoms with E-state index in [4.69, 9.17) is 37.9 Å². The molecule has 0 saturated carbocycles. The van der Waals surface area contributed by atoms with Gasteiger partial charge in [0, 0.05) is 52.4 Å². The van der Waals surface area contributed by atoms with Gasteiger partial charge in [0.2, 0.25) is 0 Å². The number of hydrogen-bond acceptors (Lipinski definition) is 10. The Kier molecular flexibility index (Phi) is 27.0. The zero-order chi connectivity index (χ0) is 36.2. The lowest BCUT2D eigenvalue weighted by Gasteiger charge is -2.28. The molecular formula is C38H60O10. The SMILES string of the molecule is C=CCC/C=C/C(=O)OC/C(C)=C\[C@@H](C)[C@H](OCOC)[C@H](C=C)OC.COCO[C@H]1[C@H](C)/C=C(/C)COC(=O)/C=C/CC/C=C/[C@@H]1OC. The van der Waals surface area contributed by atoms with Crippen molar-refractivity contribution in [2.24, 2.45) is 11.8 Å². The lowest BCUT2D eigenvalue weighted by Crippen LogP contribution is -2.35. The van der Waals surface area contributed by atoms with E-state index < -0.39 is 0 Å². The lowest BCUT2D eigenvalue weighted by molar-refractivity contribution is -0.137. The second kappa shape index (κ2) is 28.9. The Morgan fingerprint density at radius 1 is 1.08 bits per heavy atom. The van der Waals surface area contributed by atoms with Crippen LogP contribution in [0.1, 0.15) is 53.4 Å². The fourth-order valence-corrected chi connectivity index (χ4v) is 4.72. The quantitative estimate of drug-likeness (QED) is 0.0503. The largest absolute Gasteiger partial charge is 0.458 e. The summed E-state index contributed by atoms with van der Waals surface area (Å²) in [4.78, 5) is 23.2. The molecule has 1 aliphatic heterocycles. The van der Waals surface area contributed by atoms with Gasteiger partial charge in [0.05, 0.1) is 12.2 Å². The van der Waals surface area contributed by atoms with Crippen LogP contribution in [0.25, 0.3) is 0 Å². The molecule has 1 aliphatic rings. The van der Waals surface area contributed by atoms with Gasteiger partial charge in [-0.1, -0.05) is 62.5 Å². The van der Waals surface area contributed by atoms with Crippen LogP contribution in [-0.2, 0) is 47.5 Å². The molecule has 0 radical (unpaired) electrons. The smallest absolute Gasteiger partial charge is 0.330 e. The molecule has 0 fully saturated rings. The summed E-state index contributed by atoms with van der Waals surface area (Å²) in [6.45, 7) is 16.2. The first-order valence-corrected chi connectivity index (χ1v) is 16.3. The molecule has 0 saturated heterocycles. The molecule has 0 aromatic heterocycles. The Labute approximate surface area is 289 Å². The van der Waals surface area contributed by atoms with Gasteiger partial charge in [0.15, 0.2) is 0 Å². The average molecular weight is 677 g/mol. The minimum Gasteiger partial charge on any atom is -0.458 e. The lowest BCUT2D eigenvalue weighted by atomic mass is 9.96. The van der Waals surface area contributed by atoms with Crippen molar-refractivity contribution < 1.29 is 47.5 Å². The van der Waals surface area contributed by atoms with E-state index in [0.29, 0.717) is 0 Å². The average Bonchev–Trinajstić information content (AvgIpc) is 3.07. The first-order valence-electron chi connectivity index (χ1n) is 16.3. The Morgan fingerprint density at radius 2 is 1.79 bits per heavy atom. The molecule has 0 amide bonds. The number of allylic oxidation sites excluding steroid dienone is 4. The number of carbonyl (C=O) groups is 2. The zero-order valence-corrected chi connectivity index (χ0v) is 30.4. The van der Waals surface area contributed by atoms with Crippen LogP contribution in [0.4, 0.5) is 0 Å². The van der Waals surface area contributed by atoms with Crippen molar-refractivity contribution in [1.29, 1.82) is 0 Å². The van der Waals surface area contributed by atoms with E-state index in [-0.39, 0.29) is 75.0 Å². The minimum absolute atomic E-state index is 0.0277. The van der Waals surface area contributed by atoms with Crippen LogP contribution in [0, 0.1) is 11.8 Å². The van der Waals surface area contributed by atoms with Gasteiger partial charge in [-0.05, 0) is 50.7 Å². The van der Waals surface area contributed by atoms with Crippen molar-refractivity contribution in [3.05, 3.63) is 85.1 Å². The number of ether oxygens (including phenoxy) is 8. The van der Waals surface area contributed by atoms with E-state index in [1.54, 1.807) is 40.6 Å². The fourth-order valence-electron chi connectivity index (χ4n) is 4.72. The Bertz CT molecular complexity index is 1060. The van der Waals surface area contributed by atoms with Crippen molar-refractivity contribution >= 4 is 11.9 Å². The van der Waals surface area contributed by atoms with Crippen molar-refractivity contribution in [2.45, 2.75) is 77.8 Å². The maximum absolute atomic E-state index is 11.6. The van der Waals surface area contributed by atoms with E-state index in [1.165, 1.54) is 12.2 Å². The summed E-state index contributed by atoms with van der Waals surface area (Å²) >= 11 is 0. The topological polar surface area (TPSA) is 108 Å². The highest BCUT2D eigenvalue weighted by Crippen LogP contribution is 2.20. The summed E-state index contributed by atoms with van der Waals surface area (Å²) in [5.41, 5.74) is 1.91. The van der Waals surface area contributed by atoms with Crippen molar-refractivity contribution in [3.8, 4) is 0 Å². The summed E-state index contributed by atoms with van der Waals surface area (Å²) in [6, 6.07) is 0. The van der Waals surface area contributed by atoms with Gasteiger partial charge in [-0.2, -0.15) is 0 Å². The second-order valence-corrected chi connectivity index (χ2v) is 11.3. The maximum atomic E-state index is 11.6. The predicted octanol–water partition coefficient (Wildman–Crippen LogP) is 6.85. The highest BCUT2D eigenvalue weighted by Gasteiger charge is 2.26. The number of unbranched alkanes of at least 4 members (excludes halogenated alkanes) is 1. The highest BCUT2D eigenvalue weighted by molar-refractivity contribution is 5.82. The summed E-state index contributed by atoms with van der Waals surface area (Å²) in [6.07, 6.45) is 20.5. The Morgan fingerprint density at radius 3 is 2.42 bits per heavy atom.